The Kier molecular flexibility index (Phi) is 7.23. The zero-order valence-electron chi connectivity index (χ0n) is 24.4. The summed E-state index contributed by atoms with van der Waals surface area (Å²) in [7, 11) is 1.60. The smallest absolute Gasteiger partial charge is 0.227 e. The summed E-state index contributed by atoms with van der Waals surface area (Å²) in [6.07, 6.45) is 7.01. The summed E-state index contributed by atoms with van der Waals surface area (Å²) in [5.41, 5.74) is 5.69. The molecule has 2 N–H and O–H groups in total. The van der Waals surface area contributed by atoms with E-state index in [-0.39, 0.29) is 24.2 Å². The number of H-pyrrole nitrogens is 2. The number of fused-ring (bicyclic) bond motifs is 2. The van der Waals surface area contributed by atoms with Gasteiger partial charge in [0.2, 0.25) is 11.8 Å². The fraction of sp³-hybridized carbons (Fsp3) is 0.242. The summed E-state index contributed by atoms with van der Waals surface area (Å²) in [5.74, 6) is 0.767. The summed E-state index contributed by atoms with van der Waals surface area (Å²) in [5, 5.41) is 1.71. The van der Waals surface area contributed by atoms with E-state index in [1.807, 2.05) is 42.2 Å². The lowest BCUT2D eigenvalue weighted by atomic mass is 10.0. The molecule has 7 rings (SSSR count). The Labute approximate surface area is 253 Å². The maximum atomic E-state index is 14.2. The molecule has 4 aromatic heterocycles. The van der Waals surface area contributed by atoms with Gasteiger partial charge in [0, 0.05) is 66.8 Å². The van der Waals surface area contributed by atoms with Crippen molar-refractivity contribution in [3.63, 3.8) is 0 Å². The van der Waals surface area contributed by atoms with E-state index in [1.165, 1.54) is 12.1 Å². The standard InChI is InChI=1S/C33H31FN8O2/c1-20-24(25-14-22(34)7-8-28(25)38-20)15-31(43)42-12-11-41(18-23-16-35-9-10-36-23)19-30(42)32-37-17-29(39-32)26-13-21-5-3-4-6-27(21)40-33(26)44-2/h3-10,13-14,16-17,30,38H,11-12,15,18-19H2,1-2H3,(H,37,39). The van der Waals surface area contributed by atoms with Gasteiger partial charge in [0.1, 0.15) is 17.7 Å². The molecule has 1 unspecified atom stereocenters. The van der Waals surface area contributed by atoms with Gasteiger partial charge < -0.3 is 19.6 Å². The number of para-hydroxylation sites is 1. The van der Waals surface area contributed by atoms with Gasteiger partial charge in [-0.25, -0.2) is 14.4 Å². The average molecular weight is 591 g/mol. The Morgan fingerprint density at radius 2 is 1.95 bits per heavy atom. The van der Waals surface area contributed by atoms with Crippen LogP contribution in [0.25, 0.3) is 33.1 Å². The Bertz CT molecular complexity index is 1970. The molecule has 11 heteroatoms. The Morgan fingerprint density at radius 1 is 1.07 bits per heavy atom. The number of imidazole rings is 1. The molecule has 1 saturated heterocycles. The monoisotopic (exact) mass is 590 g/mol. The summed E-state index contributed by atoms with van der Waals surface area (Å²) in [4.78, 5) is 43.0. The number of ether oxygens (including phenoxy) is 1. The van der Waals surface area contributed by atoms with Crippen LogP contribution in [0.1, 0.15) is 28.8 Å². The van der Waals surface area contributed by atoms with Gasteiger partial charge in [-0.15, -0.1) is 0 Å². The Hall–Kier alpha value is -5.16. The largest absolute Gasteiger partial charge is 0.480 e. The second-order valence-corrected chi connectivity index (χ2v) is 11.1. The number of aryl methyl sites for hydroxylation is 1. The number of pyridine rings is 1. The second-order valence-electron chi connectivity index (χ2n) is 11.1. The van der Waals surface area contributed by atoms with Gasteiger partial charge in [-0.1, -0.05) is 18.2 Å². The average Bonchev–Trinajstić information content (AvgIpc) is 3.65. The highest BCUT2D eigenvalue weighted by Gasteiger charge is 2.34. The highest BCUT2D eigenvalue weighted by Crippen LogP contribution is 2.33. The lowest BCUT2D eigenvalue weighted by molar-refractivity contribution is -0.136. The van der Waals surface area contributed by atoms with Crippen LogP contribution in [0.2, 0.25) is 0 Å². The van der Waals surface area contributed by atoms with Gasteiger partial charge in [-0.2, -0.15) is 0 Å². The second kappa shape index (κ2) is 11.5. The fourth-order valence-electron chi connectivity index (χ4n) is 6.08. The van der Waals surface area contributed by atoms with E-state index in [1.54, 1.807) is 38.0 Å². The highest BCUT2D eigenvalue weighted by molar-refractivity contribution is 5.90. The number of benzene rings is 2. The molecule has 2 aromatic carbocycles. The molecule has 0 spiro atoms. The van der Waals surface area contributed by atoms with E-state index in [0.717, 1.165) is 50.0 Å². The minimum absolute atomic E-state index is 0.0506. The maximum absolute atomic E-state index is 14.2. The predicted octanol–water partition coefficient (Wildman–Crippen LogP) is 4.98. The molecule has 0 saturated carbocycles. The third-order valence-corrected chi connectivity index (χ3v) is 8.28. The molecule has 1 amide bonds. The lowest BCUT2D eigenvalue weighted by Crippen LogP contribution is -2.51. The zero-order chi connectivity index (χ0) is 30.2. The minimum Gasteiger partial charge on any atom is -0.480 e. The lowest BCUT2D eigenvalue weighted by Gasteiger charge is -2.40. The molecule has 5 heterocycles. The number of carbonyl (C=O) groups excluding carboxylic acids is 1. The van der Waals surface area contributed by atoms with E-state index >= 15 is 0 Å². The zero-order valence-corrected chi connectivity index (χ0v) is 24.4. The number of carbonyl (C=O) groups is 1. The van der Waals surface area contributed by atoms with Gasteiger partial charge in [0.05, 0.1) is 42.2 Å². The van der Waals surface area contributed by atoms with Gasteiger partial charge in [-0.3, -0.25) is 19.7 Å². The molecule has 1 aliphatic rings. The summed E-state index contributed by atoms with van der Waals surface area (Å²) < 4.78 is 19.8. The van der Waals surface area contributed by atoms with Gasteiger partial charge in [0.15, 0.2) is 0 Å². The van der Waals surface area contributed by atoms with Crippen LogP contribution in [0.15, 0.2) is 73.3 Å². The molecule has 0 bridgehead atoms. The quantitative estimate of drug-likeness (QED) is 0.269. The molecule has 1 aliphatic heterocycles. The van der Waals surface area contributed by atoms with E-state index in [0.29, 0.717) is 37.9 Å². The van der Waals surface area contributed by atoms with Gasteiger partial charge >= 0.3 is 0 Å². The number of aromatic amines is 2. The molecule has 0 radical (unpaired) electrons. The van der Waals surface area contributed by atoms with E-state index in [2.05, 4.69) is 29.8 Å². The fourth-order valence-corrected chi connectivity index (χ4v) is 6.08. The summed E-state index contributed by atoms with van der Waals surface area (Å²) in [6.45, 7) is 4.22. The first-order valence-corrected chi connectivity index (χ1v) is 14.5. The van der Waals surface area contributed by atoms with Gasteiger partial charge in [-0.05, 0) is 42.8 Å². The molecule has 0 aliphatic carbocycles. The van der Waals surface area contributed by atoms with Gasteiger partial charge in [0.25, 0.3) is 0 Å². The van der Waals surface area contributed by atoms with Crippen molar-refractivity contribution in [3.05, 3.63) is 102 Å². The first kappa shape index (κ1) is 27.7. The van der Waals surface area contributed by atoms with Crippen LogP contribution in [0.4, 0.5) is 4.39 Å². The number of aromatic nitrogens is 6. The molecular weight excluding hydrogens is 559 g/mol. The van der Waals surface area contributed by atoms with Crippen molar-refractivity contribution < 1.29 is 13.9 Å². The molecule has 44 heavy (non-hydrogen) atoms. The van der Waals surface area contributed by atoms with Crippen molar-refractivity contribution in [2.75, 3.05) is 26.7 Å². The number of hydrogen-bond donors (Lipinski definition) is 2. The van der Waals surface area contributed by atoms with Crippen molar-refractivity contribution >= 4 is 27.7 Å². The topological polar surface area (TPSA) is 116 Å². The number of amides is 1. The first-order valence-electron chi connectivity index (χ1n) is 14.5. The van der Waals surface area contributed by atoms with Crippen LogP contribution < -0.4 is 4.74 Å². The normalized spacial score (nSPS) is 15.7. The van der Waals surface area contributed by atoms with Crippen LogP contribution >= 0.6 is 0 Å². The van der Waals surface area contributed by atoms with Crippen molar-refractivity contribution in [1.82, 2.24) is 39.7 Å². The predicted molar refractivity (Wildman–Crippen MR) is 164 cm³/mol. The van der Waals surface area contributed by atoms with Crippen molar-refractivity contribution in [3.8, 4) is 17.1 Å². The maximum Gasteiger partial charge on any atom is 0.227 e. The minimum atomic E-state index is -0.358. The third kappa shape index (κ3) is 5.26. The van der Waals surface area contributed by atoms with Crippen molar-refractivity contribution in [2.45, 2.75) is 25.9 Å². The first-order chi connectivity index (χ1) is 21.5. The Balaban J connectivity index is 1.22. The molecule has 6 aromatic rings. The van der Waals surface area contributed by atoms with Crippen LogP contribution in [-0.2, 0) is 17.8 Å². The highest BCUT2D eigenvalue weighted by atomic mass is 19.1. The van der Waals surface area contributed by atoms with Crippen molar-refractivity contribution in [2.24, 2.45) is 0 Å². The van der Waals surface area contributed by atoms with Crippen LogP contribution in [-0.4, -0.2) is 72.4 Å². The number of methoxy groups -OCH3 is 1. The number of hydrogen-bond acceptors (Lipinski definition) is 7. The van der Waals surface area contributed by atoms with Crippen molar-refractivity contribution in [1.29, 1.82) is 0 Å². The molecule has 222 valence electrons. The molecule has 1 atom stereocenters. The number of rotatable bonds is 7. The molecule has 10 nitrogen and oxygen atoms in total. The van der Waals surface area contributed by atoms with Crippen LogP contribution in [0.3, 0.4) is 0 Å². The van der Waals surface area contributed by atoms with E-state index in [9.17, 15) is 9.18 Å². The van der Waals surface area contributed by atoms with E-state index < -0.39 is 0 Å². The number of nitrogens with one attached hydrogen (secondary N) is 2. The van der Waals surface area contributed by atoms with Crippen LogP contribution in [0, 0.1) is 12.7 Å². The number of piperazine rings is 1. The summed E-state index contributed by atoms with van der Waals surface area (Å²) >= 11 is 0. The third-order valence-electron chi connectivity index (χ3n) is 8.28. The summed E-state index contributed by atoms with van der Waals surface area (Å²) in [6, 6.07) is 14.2. The number of halogens is 1. The van der Waals surface area contributed by atoms with Crippen LogP contribution in [0.5, 0.6) is 5.88 Å². The SMILES string of the molecule is COc1nc2ccccc2cc1-c1cnc(C2CN(Cc3cnccn3)CCN2C(=O)Cc2c(C)[nH]c3ccc(F)cc23)[nH]1. The molecular formula is C33H31FN8O2. The Morgan fingerprint density at radius 3 is 2.80 bits per heavy atom. The molecule has 1 fully saturated rings. The number of nitrogens with zero attached hydrogens (tertiary/aromatic N) is 6. The van der Waals surface area contributed by atoms with E-state index in [4.69, 9.17) is 9.72 Å².